The minimum absolute atomic E-state index is 0.00232. The van der Waals surface area contributed by atoms with E-state index in [1.54, 1.807) is 0 Å². The van der Waals surface area contributed by atoms with Crippen LogP contribution in [0.4, 0.5) is 51.2 Å². The Balaban J connectivity index is 1.18. The number of anilines is 9. The second-order valence-corrected chi connectivity index (χ2v) is 36.1. The third-order valence-electron chi connectivity index (χ3n) is 22.9. The van der Waals surface area contributed by atoms with Gasteiger partial charge in [0, 0.05) is 55.3 Å². The van der Waals surface area contributed by atoms with Gasteiger partial charge in [-0.15, -0.1) is 11.3 Å². The molecule has 5 heteroatoms. The van der Waals surface area contributed by atoms with Crippen LogP contribution in [0.25, 0.3) is 20.2 Å². The molecule has 0 fully saturated rings. The van der Waals surface area contributed by atoms with E-state index in [9.17, 15) is 0 Å². The first kappa shape index (κ1) is 60.0. The molecule has 0 bridgehead atoms. The van der Waals surface area contributed by atoms with Crippen molar-refractivity contribution in [1.29, 1.82) is 0 Å². The van der Waals surface area contributed by atoms with Gasteiger partial charge in [0.1, 0.15) is 0 Å². The first-order chi connectivity index (χ1) is 41.5. The number of nitrogens with zero attached hydrogens (tertiary/aromatic N) is 3. The normalized spacial score (nSPS) is 19.0. The molecule has 8 aromatic carbocycles. The van der Waals surface area contributed by atoms with Crippen LogP contribution < -0.4 is 31.1 Å². The Morgan fingerprint density at radius 3 is 1.28 bits per heavy atom. The van der Waals surface area contributed by atoms with E-state index in [-0.39, 0.29) is 55.4 Å². The van der Waals surface area contributed by atoms with Crippen LogP contribution >= 0.6 is 11.3 Å². The van der Waals surface area contributed by atoms with Crippen LogP contribution in [-0.2, 0) is 48.7 Å². The Morgan fingerprint density at radius 1 is 0.382 bits per heavy atom. The second kappa shape index (κ2) is 19.5. The highest BCUT2D eigenvalue weighted by molar-refractivity contribution is 7.26. The van der Waals surface area contributed by atoms with Gasteiger partial charge in [-0.25, -0.2) is 0 Å². The number of benzene rings is 8. The van der Waals surface area contributed by atoms with Gasteiger partial charge >= 0.3 is 0 Å². The zero-order chi connectivity index (χ0) is 63.5. The van der Waals surface area contributed by atoms with Gasteiger partial charge in [0.05, 0.1) is 16.1 Å². The highest BCUT2D eigenvalue weighted by atomic mass is 32.1. The second-order valence-electron chi connectivity index (χ2n) is 35.1. The standard InChI is InChI=1S/C84H98BN3S/c1-76(2,3)51-26-30-53(31-27-51)86(54-32-28-52(29-33-54)77(4,5)6)56-45-70-74-71(46-56)88(67-37-36-59(78(7,8)9)73-57-24-22-23-25-72(57)89-75(67)73)69-50-64-62(82(16,17)41-43-84(64,20)21)48-66(69)85(74)65-47-61-63(83(18,19)42-40-81(61,14)15)49-68(65)87(70)55-34-35-58-60(44-55)80(12,13)39-38-79(58,10)11/h22-37,44-50H,38-43H2,1-21H3. The number of thiophene rings is 1. The van der Waals surface area contributed by atoms with Gasteiger partial charge in [-0.3, -0.25) is 0 Å². The average Bonchev–Trinajstić information content (AvgIpc) is 0.947. The fraction of sp³-hybridized carbons (Fsp3) is 0.429. The zero-order valence-corrected chi connectivity index (χ0v) is 58.7. The summed E-state index contributed by atoms with van der Waals surface area (Å²) in [6.07, 6.45) is 6.92. The van der Waals surface area contributed by atoms with E-state index in [1.807, 2.05) is 11.3 Å². The van der Waals surface area contributed by atoms with Crippen molar-refractivity contribution in [3.05, 3.63) is 190 Å². The van der Waals surface area contributed by atoms with Crippen molar-refractivity contribution in [2.75, 3.05) is 14.7 Å². The van der Waals surface area contributed by atoms with Gasteiger partial charge in [-0.2, -0.15) is 0 Å². The van der Waals surface area contributed by atoms with E-state index in [2.05, 4.69) is 300 Å². The molecule has 0 radical (unpaired) electrons. The molecule has 9 aromatic rings. The maximum Gasteiger partial charge on any atom is 0.252 e. The summed E-state index contributed by atoms with van der Waals surface area (Å²) in [6, 6.07) is 57.2. The van der Waals surface area contributed by atoms with Crippen LogP contribution in [0.2, 0.25) is 0 Å². The van der Waals surface area contributed by atoms with Crippen molar-refractivity contribution in [1.82, 2.24) is 0 Å². The van der Waals surface area contributed by atoms with Crippen molar-refractivity contribution < 1.29 is 0 Å². The summed E-state index contributed by atoms with van der Waals surface area (Å²) in [6.45, 7) is 51.3. The molecule has 89 heavy (non-hydrogen) atoms. The third kappa shape index (κ3) is 9.43. The summed E-state index contributed by atoms with van der Waals surface area (Å²) in [4.78, 5) is 8.16. The van der Waals surface area contributed by atoms with Crippen LogP contribution in [0, 0.1) is 0 Å². The zero-order valence-electron chi connectivity index (χ0n) is 57.8. The highest BCUT2D eigenvalue weighted by Crippen LogP contribution is 2.57. The fourth-order valence-electron chi connectivity index (χ4n) is 16.8. The van der Waals surface area contributed by atoms with Crippen molar-refractivity contribution in [2.24, 2.45) is 0 Å². The van der Waals surface area contributed by atoms with Crippen molar-refractivity contribution in [3.63, 3.8) is 0 Å². The largest absolute Gasteiger partial charge is 0.311 e. The number of fused-ring (bicyclic) bond motifs is 10. The van der Waals surface area contributed by atoms with Crippen LogP contribution in [0.1, 0.15) is 234 Å². The lowest BCUT2D eigenvalue weighted by molar-refractivity contribution is 0.332. The molecule has 14 rings (SSSR count). The van der Waals surface area contributed by atoms with Gasteiger partial charge in [0.25, 0.3) is 6.71 Å². The van der Waals surface area contributed by atoms with Gasteiger partial charge in [-0.05, 0) is 227 Å². The molecule has 0 unspecified atom stereocenters. The van der Waals surface area contributed by atoms with Gasteiger partial charge < -0.3 is 14.7 Å². The van der Waals surface area contributed by atoms with E-state index < -0.39 is 0 Å². The molecule has 1 aromatic heterocycles. The predicted molar refractivity (Wildman–Crippen MR) is 390 cm³/mol. The fourth-order valence-corrected chi connectivity index (χ4v) is 18.0. The number of rotatable bonds is 5. The average molecular weight is 1190 g/mol. The van der Waals surface area contributed by atoms with Crippen LogP contribution in [0.5, 0.6) is 0 Å². The minimum atomic E-state index is -0.0881. The summed E-state index contributed by atoms with van der Waals surface area (Å²) < 4.78 is 2.68. The molecule has 0 N–H and O–H groups in total. The molecule has 458 valence electrons. The van der Waals surface area contributed by atoms with E-state index >= 15 is 0 Å². The van der Waals surface area contributed by atoms with Crippen molar-refractivity contribution in [2.45, 2.75) is 233 Å². The molecule has 3 heterocycles. The van der Waals surface area contributed by atoms with Gasteiger partial charge in [0.15, 0.2) is 0 Å². The molecule has 5 aliphatic rings. The Kier molecular flexibility index (Phi) is 13.1. The van der Waals surface area contributed by atoms with E-state index in [1.165, 1.54) is 127 Å². The molecule has 0 saturated carbocycles. The number of hydrogen-bond acceptors (Lipinski definition) is 4. The van der Waals surface area contributed by atoms with Crippen LogP contribution in [0.15, 0.2) is 140 Å². The topological polar surface area (TPSA) is 9.72 Å². The monoisotopic (exact) mass is 1190 g/mol. The Morgan fingerprint density at radius 2 is 0.809 bits per heavy atom. The quantitative estimate of drug-likeness (QED) is 0.159. The van der Waals surface area contributed by atoms with E-state index in [0.29, 0.717) is 0 Å². The Hall–Kier alpha value is -6.56. The maximum absolute atomic E-state index is 2.80. The lowest BCUT2D eigenvalue weighted by Crippen LogP contribution is -2.62. The molecule has 3 aliphatic carbocycles. The predicted octanol–water partition coefficient (Wildman–Crippen LogP) is 22.5. The summed E-state index contributed by atoms with van der Waals surface area (Å²) >= 11 is 1.98. The molecular formula is C84H98BN3S. The first-order valence-electron chi connectivity index (χ1n) is 33.7. The van der Waals surface area contributed by atoms with Gasteiger partial charge in [-0.1, -0.05) is 212 Å². The Labute approximate surface area is 539 Å². The van der Waals surface area contributed by atoms with Gasteiger partial charge in [0.2, 0.25) is 0 Å². The van der Waals surface area contributed by atoms with Crippen molar-refractivity contribution >= 4 is 106 Å². The van der Waals surface area contributed by atoms with Crippen LogP contribution in [-0.4, -0.2) is 6.71 Å². The maximum atomic E-state index is 2.80. The van der Waals surface area contributed by atoms with E-state index in [4.69, 9.17) is 0 Å². The van der Waals surface area contributed by atoms with Crippen LogP contribution in [0.3, 0.4) is 0 Å². The molecule has 3 nitrogen and oxygen atoms in total. The molecule has 2 aliphatic heterocycles. The molecule has 0 spiro atoms. The molecule has 0 amide bonds. The lowest BCUT2D eigenvalue weighted by atomic mass is 9.32. The lowest BCUT2D eigenvalue weighted by Gasteiger charge is -2.49. The third-order valence-corrected chi connectivity index (χ3v) is 24.1. The molecule has 0 saturated heterocycles. The minimum Gasteiger partial charge on any atom is -0.311 e. The summed E-state index contributed by atoms with van der Waals surface area (Å²) in [7, 11) is 0. The van der Waals surface area contributed by atoms with E-state index in [0.717, 1.165) is 49.2 Å². The first-order valence-corrected chi connectivity index (χ1v) is 34.6. The smallest absolute Gasteiger partial charge is 0.252 e. The van der Waals surface area contributed by atoms with Crippen molar-refractivity contribution in [3.8, 4) is 0 Å². The molecule has 0 atom stereocenters. The summed E-state index contributed by atoms with van der Waals surface area (Å²) in [5, 5.41) is 2.72. The Bertz CT molecular complexity index is 4330. The highest BCUT2D eigenvalue weighted by Gasteiger charge is 2.50. The molecular weight excluding hydrogens is 1090 g/mol. The summed E-state index contributed by atoms with van der Waals surface area (Å²) in [5.74, 6) is 0. The summed E-state index contributed by atoms with van der Waals surface area (Å²) in [5.41, 5.74) is 28.2. The number of hydrogen-bond donors (Lipinski definition) is 0. The SMILES string of the molecule is CC(C)(C)c1ccc(N(c2ccc(C(C)(C)C)cc2)c2cc3c4c(c2)N(c2ccc(C(C)(C)C)c5c2sc2ccccc25)c2cc5c(cc2B4c2cc4c(cc2N3c2ccc3c(c2)C(C)(C)CCC3(C)C)C(C)(C)CCC4(C)C)C(C)(C)CCC5(C)C)cc1.